The molecule has 2 aromatic carbocycles. The SMILES string of the molecule is CCOC(=O)CC(NC(=O)CCCc1ccccc1)c1ccccc1Cl. The Morgan fingerprint density at radius 1 is 1.08 bits per heavy atom. The third kappa shape index (κ3) is 6.52. The van der Waals surface area contributed by atoms with E-state index in [1.165, 1.54) is 5.56 Å². The topological polar surface area (TPSA) is 55.4 Å². The number of nitrogens with one attached hydrogen (secondary N) is 1. The molecule has 0 aliphatic heterocycles. The van der Waals surface area contributed by atoms with Crippen LogP contribution in [0.25, 0.3) is 0 Å². The van der Waals surface area contributed by atoms with Crippen LogP contribution in [0.15, 0.2) is 54.6 Å². The summed E-state index contributed by atoms with van der Waals surface area (Å²) < 4.78 is 5.02. The van der Waals surface area contributed by atoms with Gasteiger partial charge in [-0.25, -0.2) is 0 Å². The minimum atomic E-state index is -0.494. The minimum Gasteiger partial charge on any atom is -0.466 e. The van der Waals surface area contributed by atoms with E-state index in [4.69, 9.17) is 16.3 Å². The van der Waals surface area contributed by atoms with Gasteiger partial charge in [0.25, 0.3) is 0 Å². The van der Waals surface area contributed by atoms with Gasteiger partial charge in [0.15, 0.2) is 0 Å². The van der Waals surface area contributed by atoms with Crippen molar-refractivity contribution in [3.8, 4) is 0 Å². The fraction of sp³-hybridized carbons (Fsp3) is 0.333. The molecule has 26 heavy (non-hydrogen) atoms. The number of benzene rings is 2. The second-order valence-corrected chi connectivity index (χ2v) is 6.40. The van der Waals surface area contributed by atoms with E-state index >= 15 is 0 Å². The van der Waals surface area contributed by atoms with Crippen LogP contribution in [0.2, 0.25) is 5.02 Å². The van der Waals surface area contributed by atoms with Gasteiger partial charge in [-0.3, -0.25) is 9.59 Å². The van der Waals surface area contributed by atoms with E-state index in [9.17, 15) is 9.59 Å². The largest absolute Gasteiger partial charge is 0.466 e. The Kier molecular flexibility index (Phi) is 8.16. The van der Waals surface area contributed by atoms with Crippen LogP contribution < -0.4 is 5.32 Å². The van der Waals surface area contributed by atoms with Crippen molar-refractivity contribution in [2.75, 3.05) is 6.61 Å². The maximum Gasteiger partial charge on any atom is 0.308 e. The normalized spacial score (nSPS) is 11.6. The fourth-order valence-corrected chi connectivity index (χ4v) is 3.01. The highest BCUT2D eigenvalue weighted by Gasteiger charge is 2.21. The summed E-state index contributed by atoms with van der Waals surface area (Å²) in [4.78, 5) is 24.3. The smallest absolute Gasteiger partial charge is 0.308 e. The highest BCUT2D eigenvalue weighted by atomic mass is 35.5. The van der Waals surface area contributed by atoms with Gasteiger partial charge in [-0.15, -0.1) is 0 Å². The molecule has 1 N–H and O–H groups in total. The second-order valence-electron chi connectivity index (χ2n) is 5.99. The van der Waals surface area contributed by atoms with Gasteiger partial charge in [0.2, 0.25) is 5.91 Å². The molecule has 138 valence electrons. The van der Waals surface area contributed by atoms with Crippen molar-refractivity contribution in [3.05, 3.63) is 70.7 Å². The molecule has 0 heterocycles. The Morgan fingerprint density at radius 2 is 1.77 bits per heavy atom. The van der Waals surface area contributed by atoms with Gasteiger partial charge in [-0.1, -0.05) is 60.1 Å². The van der Waals surface area contributed by atoms with E-state index in [0.29, 0.717) is 18.1 Å². The first-order chi connectivity index (χ1) is 12.6. The van der Waals surface area contributed by atoms with E-state index in [-0.39, 0.29) is 18.3 Å². The molecular formula is C21H24ClNO3. The summed E-state index contributed by atoms with van der Waals surface area (Å²) in [5.41, 5.74) is 1.92. The van der Waals surface area contributed by atoms with Crippen molar-refractivity contribution < 1.29 is 14.3 Å². The number of aryl methyl sites for hydroxylation is 1. The van der Waals surface area contributed by atoms with Crippen LogP contribution in [0.1, 0.15) is 43.4 Å². The van der Waals surface area contributed by atoms with E-state index in [0.717, 1.165) is 18.4 Å². The average Bonchev–Trinajstić information content (AvgIpc) is 2.63. The molecule has 1 unspecified atom stereocenters. The monoisotopic (exact) mass is 373 g/mol. The predicted molar refractivity (Wildman–Crippen MR) is 103 cm³/mol. The lowest BCUT2D eigenvalue weighted by Crippen LogP contribution is -2.30. The Bertz CT molecular complexity index is 718. The summed E-state index contributed by atoms with van der Waals surface area (Å²) in [5, 5.41) is 3.45. The molecule has 4 nitrogen and oxygen atoms in total. The quantitative estimate of drug-likeness (QED) is 0.659. The zero-order valence-electron chi connectivity index (χ0n) is 14.9. The molecule has 0 fully saturated rings. The lowest BCUT2D eigenvalue weighted by molar-refractivity contribution is -0.143. The van der Waals surface area contributed by atoms with E-state index in [1.807, 2.05) is 48.5 Å². The number of amides is 1. The second kappa shape index (κ2) is 10.6. The first-order valence-electron chi connectivity index (χ1n) is 8.83. The molecule has 0 spiro atoms. The van der Waals surface area contributed by atoms with Crippen molar-refractivity contribution in [3.63, 3.8) is 0 Å². The van der Waals surface area contributed by atoms with Crippen molar-refractivity contribution in [2.45, 2.75) is 38.6 Å². The summed E-state index contributed by atoms with van der Waals surface area (Å²) in [7, 11) is 0. The van der Waals surface area contributed by atoms with E-state index in [1.54, 1.807) is 13.0 Å². The zero-order chi connectivity index (χ0) is 18.8. The maximum absolute atomic E-state index is 12.4. The highest BCUT2D eigenvalue weighted by Crippen LogP contribution is 2.25. The first kappa shape index (κ1) is 20.0. The van der Waals surface area contributed by atoms with Gasteiger partial charge in [-0.05, 0) is 37.0 Å². The van der Waals surface area contributed by atoms with Crippen molar-refractivity contribution >= 4 is 23.5 Å². The maximum atomic E-state index is 12.4. The molecule has 5 heteroatoms. The van der Waals surface area contributed by atoms with Gasteiger partial charge in [-0.2, -0.15) is 0 Å². The number of carbonyl (C=O) groups is 2. The van der Waals surface area contributed by atoms with E-state index < -0.39 is 6.04 Å². The van der Waals surface area contributed by atoms with Gasteiger partial charge in [0.1, 0.15) is 0 Å². The van der Waals surface area contributed by atoms with Crippen LogP contribution in [0, 0.1) is 0 Å². The van der Waals surface area contributed by atoms with Crippen LogP contribution in [0.4, 0.5) is 0 Å². The average molecular weight is 374 g/mol. The van der Waals surface area contributed by atoms with Crippen LogP contribution in [-0.2, 0) is 20.7 Å². The molecule has 1 atom stereocenters. The molecule has 0 bridgehead atoms. The third-order valence-corrected chi connectivity index (χ3v) is 4.35. The fourth-order valence-electron chi connectivity index (χ4n) is 2.75. The van der Waals surface area contributed by atoms with Crippen LogP contribution in [0.3, 0.4) is 0 Å². The molecule has 0 radical (unpaired) electrons. The summed E-state index contributed by atoms with van der Waals surface area (Å²) in [5.74, 6) is -0.461. The lowest BCUT2D eigenvalue weighted by atomic mass is 10.0. The molecule has 2 rings (SSSR count). The van der Waals surface area contributed by atoms with Crippen molar-refractivity contribution in [2.24, 2.45) is 0 Å². The minimum absolute atomic E-state index is 0.0575. The number of esters is 1. The Morgan fingerprint density at radius 3 is 2.46 bits per heavy atom. The Hall–Kier alpha value is -2.33. The van der Waals surface area contributed by atoms with Gasteiger partial charge < -0.3 is 10.1 Å². The van der Waals surface area contributed by atoms with Gasteiger partial charge >= 0.3 is 5.97 Å². The van der Waals surface area contributed by atoms with Gasteiger partial charge in [0, 0.05) is 11.4 Å². The number of hydrogen-bond donors (Lipinski definition) is 1. The number of ether oxygens (including phenoxy) is 1. The molecule has 1 amide bonds. The Balaban J connectivity index is 1.95. The van der Waals surface area contributed by atoms with Crippen LogP contribution in [-0.4, -0.2) is 18.5 Å². The first-order valence-corrected chi connectivity index (χ1v) is 9.21. The van der Waals surface area contributed by atoms with E-state index in [2.05, 4.69) is 5.32 Å². The standard InChI is InChI=1S/C21H24ClNO3/c1-2-26-21(25)15-19(17-12-6-7-13-18(17)22)23-20(24)14-8-11-16-9-4-3-5-10-16/h3-7,9-10,12-13,19H,2,8,11,14-15H2,1H3,(H,23,24). The highest BCUT2D eigenvalue weighted by molar-refractivity contribution is 6.31. The number of rotatable bonds is 9. The molecule has 0 aliphatic rings. The third-order valence-electron chi connectivity index (χ3n) is 4.00. The zero-order valence-corrected chi connectivity index (χ0v) is 15.7. The summed E-state index contributed by atoms with van der Waals surface area (Å²) in [6.45, 7) is 2.06. The number of halogens is 1. The molecule has 0 saturated carbocycles. The molecule has 0 saturated heterocycles. The molecule has 0 aromatic heterocycles. The Labute approximate surface area is 159 Å². The summed E-state index contributed by atoms with van der Waals surface area (Å²) in [6, 6.07) is 16.8. The molecule has 0 aliphatic carbocycles. The summed E-state index contributed by atoms with van der Waals surface area (Å²) in [6.07, 6.45) is 2.02. The number of hydrogen-bond acceptors (Lipinski definition) is 3. The number of carbonyl (C=O) groups excluding carboxylic acids is 2. The van der Waals surface area contributed by atoms with Gasteiger partial charge in [0.05, 0.1) is 19.1 Å². The molecule has 2 aromatic rings. The van der Waals surface area contributed by atoms with Crippen molar-refractivity contribution in [1.82, 2.24) is 5.32 Å². The van der Waals surface area contributed by atoms with Crippen molar-refractivity contribution in [1.29, 1.82) is 0 Å². The summed E-state index contributed by atoms with van der Waals surface area (Å²) >= 11 is 6.24. The van der Waals surface area contributed by atoms with Crippen LogP contribution >= 0.6 is 11.6 Å². The van der Waals surface area contributed by atoms with Crippen LogP contribution in [0.5, 0.6) is 0 Å². The lowest BCUT2D eigenvalue weighted by Gasteiger charge is -2.19. The molecular weight excluding hydrogens is 350 g/mol. The predicted octanol–water partition coefficient (Wildman–Crippen LogP) is 4.47.